The van der Waals surface area contributed by atoms with Gasteiger partial charge in [-0.1, -0.05) is 18.2 Å². The van der Waals surface area contributed by atoms with Crippen molar-refractivity contribution in [2.45, 2.75) is 11.8 Å². The van der Waals surface area contributed by atoms with Gasteiger partial charge in [0.1, 0.15) is 0 Å². The number of hydrogen-bond donors (Lipinski definition) is 2. The van der Waals surface area contributed by atoms with Crippen LogP contribution in [0, 0.1) is 6.92 Å². The first-order chi connectivity index (χ1) is 9.79. The van der Waals surface area contributed by atoms with Crippen molar-refractivity contribution in [3.63, 3.8) is 0 Å². The van der Waals surface area contributed by atoms with Gasteiger partial charge in [-0.2, -0.15) is 0 Å². The average Bonchev–Trinajstić information content (AvgIpc) is 2.42. The number of carbonyl (C=O) groups is 1. The summed E-state index contributed by atoms with van der Waals surface area (Å²) < 4.78 is 23.3. The Morgan fingerprint density at radius 2 is 1.81 bits per heavy atom. The van der Waals surface area contributed by atoms with Crippen LogP contribution in [0.4, 0.5) is 5.69 Å². The summed E-state index contributed by atoms with van der Waals surface area (Å²) in [6.07, 6.45) is 0. The Kier molecular flexibility index (Phi) is 4.46. The van der Waals surface area contributed by atoms with E-state index in [1.54, 1.807) is 37.3 Å². The molecule has 0 atom stereocenters. The van der Waals surface area contributed by atoms with E-state index in [0.29, 0.717) is 21.3 Å². The molecule has 0 heterocycles. The number of nitrogens with one attached hydrogen (secondary N) is 1. The summed E-state index contributed by atoms with van der Waals surface area (Å²) in [7, 11) is -3.80. The van der Waals surface area contributed by atoms with Crippen molar-refractivity contribution in [2.24, 2.45) is 5.14 Å². The van der Waals surface area contributed by atoms with Crippen LogP contribution in [0.25, 0.3) is 0 Å². The van der Waals surface area contributed by atoms with Crippen LogP contribution in [-0.4, -0.2) is 14.3 Å². The van der Waals surface area contributed by atoms with E-state index in [-0.39, 0.29) is 10.8 Å². The molecule has 5 nitrogen and oxygen atoms in total. The minimum absolute atomic E-state index is 0.0204. The zero-order valence-corrected chi connectivity index (χ0v) is 13.5. The third-order valence-corrected chi connectivity index (χ3v) is 4.56. The van der Waals surface area contributed by atoms with Gasteiger partial charge in [0.25, 0.3) is 5.91 Å². The summed E-state index contributed by atoms with van der Waals surface area (Å²) in [5.74, 6) is -0.279. The highest BCUT2D eigenvalue weighted by Gasteiger charge is 2.16. The molecule has 0 aromatic heterocycles. The first kappa shape index (κ1) is 15.7. The van der Waals surface area contributed by atoms with Gasteiger partial charge < -0.3 is 5.32 Å². The molecular weight excluding hydrogens is 356 g/mol. The SMILES string of the molecule is Cc1cc(NC(=O)c2ccccc2)c(Br)cc1S(N)(=O)=O. The average molecular weight is 369 g/mol. The van der Waals surface area contributed by atoms with Crippen molar-refractivity contribution in [1.82, 2.24) is 0 Å². The molecular formula is C14H13BrN2O3S. The van der Waals surface area contributed by atoms with Gasteiger partial charge in [-0.15, -0.1) is 0 Å². The molecule has 0 unspecified atom stereocenters. The van der Waals surface area contributed by atoms with Gasteiger partial charge in [-0.3, -0.25) is 4.79 Å². The van der Waals surface area contributed by atoms with Gasteiger partial charge in [0.2, 0.25) is 10.0 Å². The Morgan fingerprint density at radius 3 is 2.38 bits per heavy atom. The van der Waals surface area contributed by atoms with E-state index in [0.717, 1.165) is 0 Å². The van der Waals surface area contributed by atoms with Gasteiger partial charge in [-0.05, 0) is 52.7 Å². The lowest BCUT2D eigenvalue weighted by atomic mass is 10.2. The smallest absolute Gasteiger partial charge is 0.255 e. The van der Waals surface area contributed by atoms with Crippen LogP contribution in [0.2, 0.25) is 0 Å². The molecule has 0 saturated carbocycles. The van der Waals surface area contributed by atoms with Crippen molar-refractivity contribution >= 4 is 37.5 Å². The Balaban J connectivity index is 2.34. The summed E-state index contributed by atoms with van der Waals surface area (Å²) in [5, 5.41) is 7.86. The van der Waals surface area contributed by atoms with Gasteiger partial charge in [0.05, 0.1) is 10.6 Å². The number of anilines is 1. The minimum atomic E-state index is -3.80. The molecule has 3 N–H and O–H groups in total. The first-order valence-electron chi connectivity index (χ1n) is 5.98. The number of amides is 1. The van der Waals surface area contributed by atoms with Crippen LogP contribution in [0.3, 0.4) is 0 Å². The van der Waals surface area contributed by atoms with Gasteiger partial charge in [-0.25, -0.2) is 13.6 Å². The molecule has 0 aliphatic heterocycles. The highest BCUT2D eigenvalue weighted by molar-refractivity contribution is 9.10. The number of benzene rings is 2. The molecule has 0 bridgehead atoms. The zero-order valence-electron chi connectivity index (χ0n) is 11.1. The van der Waals surface area contributed by atoms with E-state index in [4.69, 9.17) is 5.14 Å². The van der Waals surface area contributed by atoms with Crippen LogP contribution < -0.4 is 10.5 Å². The highest BCUT2D eigenvalue weighted by atomic mass is 79.9. The zero-order chi connectivity index (χ0) is 15.6. The fourth-order valence-electron chi connectivity index (χ4n) is 1.85. The van der Waals surface area contributed by atoms with Gasteiger partial charge >= 0.3 is 0 Å². The molecule has 2 aromatic rings. The van der Waals surface area contributed by atoms with Gasteiger partial charge in [0, 0.05) is 10.0 Å². The lowest BCUT2D eigenvalue weighted by Crippen LogP contribution is -2.15. The Labute approximate surface area is 131 Å². The van der Waals surface area contributed by atoms with Gasteiger partial charge in [0.15, 0.2) is 0 Å². The molecule has 2 aromatic carbocycles. The van der Waals surface area contributed by atoms with E-state index in [1.165, 1.54) is 6.07 Å². The molecule has 0 spiro atoms. The molecule has 1 amide bonds. The van der Waals surface area contributed by atoms with E-state index < -0.39 is 10.0 Å². The van der Waals surface area contributed by atoms with E-state index in [1.807, 2.05) is 6.07 Å². The fraction of sp³-hybridized carbons (Fsp3) is 0.0714. The third kappa shape index (κ3) is 3.69. The maximum atomic E-state index is 12.1. The van der Waals surface area contributed by atoms with E-state index in [9.17, 15) is 13.2 Å². The van der Waals surface area contributed by atoms with Crippen molar-refractivity contribution in [3.05, 3.63) is 58.1 Å². The summed E-state index contributed by atoms with van der Waals surface area (Å²) in [6, 6.07) is 11.7. The Bertz CT molecular complexity index is 789. The van der Waals surface area contributed by atoms with E-state index in [2.05, 4.69) is 21.2 Å². The Hall–Kier alpha value is -1.70. The second-order valence-electron chi connectivity index (χ2n) is 4.46. The molecule has 0 fully saturated rings. The molecule has 0 radical (unpaired) electrons. The quantitative estimate of drug-likeness (QED) is 0.872. The van der Waals surface area contributed by atoms with Crippen LogP contribution in [0.5, 0.6) is 0 Å². The monoisotopic (exact) mass is 368 g/mol. The van der Waals surface area contributed by atoms with Crippen molar-refractivity contribution in [3.8, 4) is 0 Å². The largest absolute Gasteiger partial charge is 0.321 e. The number of aryl methyl sites for hydroxylation is 1. The molecule has 110 valence electrons. The topological polar surface area (TPSA) is 89.3 Å². The summed E-state index contributed by atoms with van der Waals surface area (Å²) in [5.41, 5.74) is 1.45. The number of sulfonamides is 1. The van der Waals surface area contributed by atoms with Crippen LogP contribution in [0.15, 0.2) is 51.8 Å². The standard InChI is InChI=1S/C14H13BrN2O3S/c1-9-7-12(11(15)8-13(9)21(16,19)20)17-14(18)10-5-3-2-4-6-10/h2-8H,1H3,(H,17,18)(H2,16,19,20). The molecule has 2 rings (SSSR count). The molecule has 0 saturated heterocycles. The number of primary sulfonamides is 1. The molecule has 0 aliphatic carbocycles. The number of halogens is 1. The van der Waals surface area contributed by atoms with Crippen molar-refractivity contribution in [1.29, 1.82) is 0 Å². The number of nitrogens with two attached hydrogens (primary N) is 1. The second kappa shape index (κ2) is 5.97. The van der Waals surface area contributed by atoms with Crippen LogP contribution in [0.1, 0.15) is 15.9 Å². The summed E-state index contributed by atoms with van der Waals surface area (Å²) >= 11 is 3.24. The maximum Gasteiger partial charge on any atom is 0.255 e. The maximum absolute atomic E-state index is 12.1. The van der Waals surface area contributed by atoms with Crippen molar-refractivity contribution in [2.75, 3.05) is 5.32 Å². The van der Waals surface area contributed by atoms with Crippen LogP contribution in [-0.2, 0) is 10.0 Å². The van der Waals surface area contributed by atoms with Crippen molar-refractivity contribution < 1.29 is 13.2 Å². The molecule has 0 aliphatic rings. The second-order valence-corrected chi connectivity index (χ2v) is 6.85. The predicted molar refractivity (Wildman–Crippen MR) is 84.6 cm³/mol. The molecule has 7 heteroatoms. The lowest BCUT2D eigenvalue weighted by molar-refractivity contribution is 0.102. The highest BCUT2D eigenvalue weighted by Crippen LogP contribution is 2.28. The number of hydrogen-bond acceptors (Lipinski definition) is 3. The molecule has 21 heavy (non-hydrogen) atoms. The summed E-state index contributed by atoms with van der Waals surface area (Å²) in [4.78, 5) is 12.1. The third-order valence-electron chi connectivity index (χ3n) is 2.86. The van der Waals surface area contributed by atoms with E-state index >= 15 is 0 Å². The number of carbonyl (C=O) groups excluding carboxylic acids is 1. The number of rotatable bonds is 3. The normalized spacial score (nSPS) is 11.2. The summed E-state index contributed by atoms with van der Waals surface area (Å²) in [6.45, 7) is 1.62. The predicted octanol–water partition coefficient (Wildman–Crippen LogP) is 2.66. The lowest BCUT2D eigenvalue weighted by Gasteiger charge is -2.11. The minimum Gasteiger partial charge on any atom is -0.321 e. The Morgan fingerprint density at radius 1 is 1.19 bits per heavy atom. The fourth-order valence-corrected chi connectivity index (χ4v) is 3.23. The van der Waals surface area contributed by atoms with Crippen LogP contribution >= 0.6 is 15.9 Å². The first-order valence-corrected chi connectivity index (χ1v) is 8.32.